The molecule has 0 aliphatic carbocycles. The van der Waals surface area contributed by atoms with E-state index < -0.39 is 0 Å². The maximum Gasteiger partial charge on any atom is 0.124 e. The van der Waals surface area contributed by atoms with E-state index in [4.69, 9.17) is 5.11 Å². The van der Waals surface area contributed by atoms with Gasteiger partial charge in [0.15, 0.2) is 0 Å². The van der Waals surface area contributed by atoms with Crippen molar-refractivity contribution in [2.45, 2.75) is 25.9 Å². The first-order valence-corrected chi connectivity index (χ1v) is 8.05. The lowest BCUT2D eigenvalue weighted by atomic mass is 10.1. The highest BCUT2D eigenvalue weighted by atomic mass is 32.2. The molecule has 1 aromatic carbocycles. The smallest absolute Gasteiger partial charge is 0.124 e. The molecule has 1 unspecified atom stereocenters. The molecular weight excluding hydrogens is 273 g/mol. The van der Waals surface area contributed by atoms with Gasteiger partial charge in [0.05, 0.1) is 6.61 Å². The molecule has 0 amide bonds. The molecule has 0 fully saturated rings. The Morgan fingerprint density at radius 2 is 2.20 bits per heavy atom. The Morgan fingerprint density at radius 1 is 1.45 bits per heavy atom. The van der Waals surface area contributed by atoms with E-state index in [0.29, 0.717) is 18.0 Å². The molecule has 1 N–H and O–H groups in total. The number of aliphatic hydroxyl groups excluding tert-OH is 1. The van der Waals surface area contributed by atoms with Crippen LogP contribution in [-0.2, 0) is 6.54 Å². The Morgan fingerprint density at radius 3 is 2.85 bits per heavy atom. The lowest BCUT2D eigenvalue weighted by molar-refractivity contribution is 0.269. The van der Waals surface area contributed by atoms with Crippen LogP contribution in [0.15, 0.2) is 18.2 Å². The highest BCUT2D eigenvalue weighted by Gasteiger charge is 2.11. The fraction of sp³-hybridized carbons (Fsp3) is 0.500. The first-order chi connectivity index (χ1) is 9.58. The minimum absolute atomic E-state index is 0.0301. The molecule has 1 rings (SSSR count). The minimum atomic E-state index is -0.276. The zero-order valence-corrected chi connectivity index (χ0v) is 13.1. The van der Waals surface area contributed by atoms with Crippen molar-refractivity contribution in [2.75, 3.05) is 25.7 Å². The van der Waals surface area contributed by atoms with Crippen LogP contribution in [0.25, 0.3) is 0 Å². The molecule has 0 aromatic heterocycles. The summed E-state index contributed by atoms with van der Waals surface area (Å²) in [5, 5.41) is 8.76. The molecule has 4 heteroatoms. The van der Waals surface area contributed by atoms with E-state index >= 15 is 0 Å². The predicted octanol–water partition coefficient (Wildman–Crippen LogP) is 2.74. The summed E-state index contributed by atoms with van der Waals surface area (Å²) in [6.07, 6.45) is 2.50. The Bertz CT molecular complexity index is 481. The molecule has 0 saturated heterocycles. The number of hydrogen-bond donors (Lipinski definition) is 1. The molecule has 110 valence electrons. The monoisotopic (exact) mass is 295 g/mol. The summed E-state index contributed by atoms with van der Waals surface area (Å²) >= 11 is 1.81. The van der Waals surface area contributed by atoms with E-state index in [-0.39, 0.29) is 12.4 Å². The highest BCUT2D eigenvalue weighted by molar-refractivity contribution is 7.98. The molecule has 0 spiro atoms. The van der Waals surface area contributed by atoms with Crippen molar-refractivity contribution in [3.05, 3.63) is 35.1 Å². The molecule has 1 aromatic rings. The van der Waals surface area contributed by atoms with Crippen LogP contribution in [-0.4, -0.2) is 41.7 Å². The van der Waals surface area contributed by atoms with Crippen molar-refractivity contribution < 1.29 is 9.50 Å². The van der Waals surface area contributed by atoms with Crippen molar-refractivity contribution in [1.29, 1.82) is 0 Å². The zero-order chi connectivity index (χ0) is 15.0. The Labute approximate surface area is 125 Å². The lowest BCUT2D eigenvalue weighted by Crippen LogP contribution is -2.30. The van der Waals surface area contributed by atoms with Gasteiger partial charge in [0, 0.05) is 30.3 Å². The van der Waals surface area contributed by atoms with Crippen LogP contribution in [0.2, 0.25) is 0 Å². The van der Waals surface area contributed by atoms with E-state index in [1.807, 2.05) is 11.8 Å². The van der Waals surface area contributed by atoms with Gasteiger partial charge in [0.2, 0.25) is 0 Å². The van der Waals surface area contributed by atoms with Crippen LogP contribution in [0.3, 0.4) is 0 Å². The van der Waals surface area contributed by atoms with Crippen LogP contribution in [0, 0.1) is 17.7 Å². The van der Waals surface area contributed by atoms with Crippen LogP contribution in [0.5, 0.6) is 0 Å². The Kier molecular flexibility index (Phi) is 7.68. The minimum Gasteiger partial charge on any atom is -0.395 e. The summed E-state index contributed by atoms with van der Waals surface area (Å²) < 4.78 is 13.3. The summed E-state index contributed by atoms with van der Waals surface area (Å²) in [4.78, 5) is 2.24. The van der Waals surface area contributed by atoms with Gasteiger partial charge in [0.1, 0.15) is 5.82 Å². The Balaban J connectivity index is 2.86. The molecule has 20 heavy (non-hydrogen) atoms. The lowest BCUT2D eigenvalue weighted by Gasteiger charge is -2.24. The third kappa shape index (κ3) is 5.54. The predicted molar refractivity (Wildman–Crippen MR) is 84.3 cm³/mol. The maximum atomic E-state index is 13.3. The third-order valence-corrected chi connectivity index (χ3v) is 3.93. The topological polar surface area (TPSA) is 23.5 Å². The first-order valence-electron chi connectivity index (χ1n) is 6.65. The van der Waals surface area contributed by atoms with Gasteiger partial charge in [-0.2, -0.15) is 11.8 Å². The van der Waals surface area contributed by atoms with Gasteiger partial charge in [-0.05, 0) is 37.9 Å². The van der Waals surface area contributed by atoms with Gasteiger partial charge < -0.3 is 5.11 Å². The van der Waals surface area contributed by atoms with Crippen LogP contribution < -0.4 is 0 Å². The van der Waals surface area contributed by atoms with Crippen molar-refractivity contribution in [3.8, 4) is 11.8 Å². The number of aliphatic hydroxyl groups is 1. The third-order valence-electron chi connectivity index (χ3n) is 3.11. The van der Waals surface area contributed by atoms with Crippen LogP contribution in [0.4, 0.5) is 4.39 Å². The summed E-state index contributed by atoms with van der Waals surface area (Å²) in [7, 11) is 2.06. The van der Waals surface area contributed by atoms with Gasteiger partial charge in [-0.15, -0.1) is 0 Å². The fourth-order valence-corrected chi connectivity index (χ4v) is 2.55. The molecule has 0 heterocycles. The zero-order valence-electron chi connectivity index (χ0n) is 12.3. The largest absolute Gasteiger partial charge is 0.395 e. The van der Waals surface area contributed by atoms with Crippen molar-refractivity contribution in [2.24, 2.45) is 0 Å². The number of thioether (sulfide) groups is 1. The molecule has 0 bridgehead atoms. The summed E-state index contributed by atoms with van der Waals surface area (Å²) in [5.74, 6) is 6.59. The van der Waals surface area contributed by atoms with Crippen molar-refractivity contribution >= 4 is 11.8 Å². The standard InChI is InChI=1S/C16H22FNOS/c1-13(12-20-3)18(2)11-15-7-8-16(17)10-14(15)6-4-5-9-19/h7-8,10,13,19H,5,9,11-12H2,1-3H3. The van der Waals surface area contributed by atoms with E-state index in [1.165, 1.54) is 12.1 Å². The van der Waals surface area contributed by atoms with Crippen LogP contribution >= 0.6 is 11.8 Å². The number of rotatable bonds is 6. The maximum absolute atomic E-state index is 13.3. The summed E-state index contributed by atoms with van der Waals surface area (Å²) in [6.45, 7) is 2.95. The SMILES string of the molecule is CSCC(C)N(C)Cc1ccc(F)cc1C#CCCO. The van der Waals surface area contributed by atoms with Crippen molar-refractivity contribution in [1.82, 2.24) is 4.90 Å². The van der Waals surface area contributed by atoms with Crippen molar-refractivity contribution in [3.63, 3.8) is 0 Å². The second-order valence-electron chi connectivity index (χ2n) is 4.80. The van der Waals surface area contributed by atoms with E-state index in [0.717, 1.165) is 17.9 Å². The quantitative estimate of drug-likeness (QED) is 0.816. The number of hydrogen-bond acceptors (Lipinski definition) is 3. The summed E-state index contributed by atoms with van der Waals surface area (Å²) in [5.41, 5.74) is 1.73. The molecule has 0 aliphatic heterocycles. The molecule has 0 aliphatic rings. The number of benzene rings is 1. The molecule has 2 nitrogen and oxygen atoms in total. The summed E-state index contributed by atoms with van der Waals surface area (Å²) in [6, 6.07) is 5.18. The van der Waals surface area contributed by atoms with Gasteiger partial charge in [-0.3, -0.25) is 4.90 Å². The van der Waals surface area contributed by atoms with Gasteiger partial charge in [-0.1, -0.05) is 17.9 Å². The molecule has 0 saturated carbocycles. The second kappa shape index (κ2) is 9.02. The van der Waals surface area contributed by atoms with Gasteiger partial charge in [0.25, 0.3) is 0 Å². The average Bonchev–Trinajstić information content (AvgIpc) is 2.42. The molecular formula is C16H22FNOS. The average molecular weight is 295 g/mol. The molecule has 0 radical (unpaired) electrons. The molecule has 1 atom stereocenters. The van der Waals surface area contributed by atoms with E-state index in [1.54, 1.807) is 6.07 Å². The van der Waals surface area contributed by atoms with Gasteiger partial charge >= 0.3 is 0 Å². The van der Waals surface area contributed by atoms with Crippen LogP contribution in [0.1, 0.15) is 24.5 Å². The second-order valence-corrected chi connectivity index (χ2v) is 5.71. The fourth-order valence-electron chi connectivity index (χ4n) is 1.81. The van der Waals surface area contributed by atoms with Gasteiger partial charge in [-0.25, -0.2) is 4.39 Å². The number of nitrogens with zero attached hydrogens (tertiary/aromatic N) is 1. The highest BCUT2D eigenvalue weighted by Crippen LogP contribution is 2.15. The Hall–Kier alpha value is -1.02. The number of halogens is 1. The van der Waals surface area contributed by atoms with E-state index in [2.05, 4.69) is 37.0 Å². The first kappa shape index (κ1) is 17.0. The normalized spacial score (nSPS) is 12.1. The van der Waals surface area contributed by atoms with E-state index in [9.17, 15) is 4.39 Å².